The normalized spacial score (nSPS) is 17.3. The summed E-state index contributed by atoms with van der Waals surface area (Å²) in [7, 11) is 0. The van der Waals surface area contributed by atoms with E-state index >= 15 is 0 Å². The summed E-state index contributed by atoms with van der Waals surface area (Å²) in [4.78, 5) is 25.5. The Morgan fingerprint density at radius 3 is 2.68 bits per heavy atom. The molecule has 0 bridgehead atoms. The number of rotatable bonds is 4. The van der Waals surface area contributed by atoms with Crippen molar-refractivity contribution in [1.29, 1.82) is 0 Å². The van der Waals surface area contributed by atoms with E-state index in [1.54, 1.807) is 6.92 Å². The maximum absolute atomic E-state index is 12.2. The molecule has 0 saturated carbocycles. The van der Waals surface area contributed by atoms with Gasteiger partial charge in [-0.3, -0.25) is 4.90 Å². The molecule has 22 heavy (non-hydrogen) atoms. The molecule has 1 fully saturated rings. The molecule has 0 aliphatic carbocycles. The minimum Gasteiger partial charge on any atom is -0.464 e. The first-order valence-electron chi connectivity index (χ1n) is 7.07. The molecule has 1 heterocycles. The molecular formula is C15H21ClN2O4. The van der Waals surface area contributed by atoms with E-state index in [9.17, 15) is 9.59 Å². The Kier molecular flexibility index (Phi) is 7.70. The molecule has 1 atom stereocenters. The molecule has 1 saturated heterocycles. The number of halogens is 1. The van der Waals surface area contributed by atoms with Crippen LogP contribution in [0.1, 0.15) is 12.5 Å². The SMILES string of the molecule is CCOC(=O)C1CNCCN1C(=O)OCc1ccccc1.Cl. The Bertz CT molecular complexity index is 484. The molecule has 1 aliphatic rings. The Morgan fingerprint density at radius 2 is 2.00 bits per heavy atom. The number of ether oxygens (including phenoxy) is 2. The van der Waals surface area contributed by atoms with Crippen LogP contribution in [0.25, 0.3) is 0 Å². The van der Waals surface area contributed by atoms with Gasteiger partial charge in [0.05, 0.1) is 6.61 Å². The lowest BCUT2D eigenvalue weighted by atomic mass is 10.2. The van der Waals surface area contributed by atoms with Crippen LogP contribution in [-0.4, -0.2) is 49.2 Å². The summed E-state index contributed by atoms with van der Waals surface area (Å²) in [5.41, 5.74) is 0.911. The number of hydrogen-bond donors (Lipinski definition) is 1. The summed E-state index contributed by atoms with van der Waals surface area (Å²) in [6.07, 6.45) is -0.488. The van der Waals surface area contributed by atoms with Gasteiger partial charge in [-0.05, 0) is 12.5 Å². The van der Waals surface area contributed by atoms with E-state index in [1.807, 2.05) is 30.3 Å². The average molecular weight is 329 g/mol. The first-order chi connectivity index (χ1) is 10.2. The maximum atomic E-state index is 12.2. The third kappa shape index (κ3) is 4.89. The quantitative estimate of drug-likeness (QED) is 0.850. The first kappa shape index (κ1) is 18.3. The van der Waals surface area contributed by atoms with Gasteiger partial charge in [0.25, 0.3) is 0 Å². The van der Waals surface area contributed by atoms with Crippen LogP contribution in [0.3, 0.4) is 0 Å². The zero-order chi connectivity index (χ0) is 15.1. The predicted molar refractivity (Wildman–Crippen MR) is 83.9 cm³/mol. The second-order valence-electron chi connectivity index (χ2n) is 4.71. The molecule has 1 unspecified atom stereocenters. The van der Waals surface area contributed by atoms with Crippen molar-refractivity contribution >= 4 is 24.5 Å². The fourth-order valence-corrected chi connectivity index (χ4v) is 2.17. The van der Waals surface area contributed by atoms with Gasteiger partial charge >= 0.3 is 12.1 Å². The van der Waals surface area contributed by atoms with E-state index in [-0.39, 0.29) is 19.0 Å². The number of benzene rings is 1. The van der Waals surface area contributed by atoms with E-state index in [0.29, 0.717) is 26.2 Å². The Balaban J connectivity index is 0.00000242. The number of carbonyl (C=O) groups excluding carboxylic acids is 2. The van der Waals surface area contributed by atoms with E-state index in [4.69, 9.17) is 9.47 Å². The highest BCUT2D eigenvalue weighted by atomic mass is 35.5. The molecule has 1 aromatic rings. The van der Waals surface area contributed by atoms with Crippen molar-refractivity contribution in [3.05, 3.63) is 35.9 Å². The summed E-state index contributed by atoms with van der Waals surface area (Å²) in [5, 5.41) is 3.08. The van der Waals surface area contributed by atoms with Gasteiger partial charge in [-0.15, -0.1) is 12.4 Å². The largest absolute Gasteiger partial charge is 0.464 e. The lowest BCUT2D eigenvalue weighted by molar-refractivity contribution is -0.149. The minimum atomic E-state index is -0.623. The van der Waals surface area contributed by atoms with Crippen LogP contribution < -0.4 is 5.32 Å². The van der Waals surface area contributed by atoms with Crippen molar-refractivity contribution in [2.24, 2.45) is 0 Å². The van der Waals surface area contributed by atoms with Crippen LogP contribution in [-0.2, 0) is 20.9 Å². The van der Waals surface area contributed by atoms with Crippen LogP contribution in [0.4, 0.5) is 4.79 Å². The number of amides is 1. The van der Waals surface area contributed by atoms with Crippen molar-refractivity contribution in [3.63, 3.8) is 0 Å². The first-order valence-corrected chi connectivity index (χ1v) is 7.07. The zero-order valence-corrected chi connectivity index (χ0v) is 13.3. The summed E-state index contributed by atoms with van der Waals surface area (Å²) in [6.45, 7) is 3.68. The van der Waals surface area contributed by atoms with Crippen molar-refractivity contribution in [2.75, 3.05) is 26.2 Å². The number of nitrogens with zero attached hydrogens (tertiary/aromatic N) is 1. The third-order valence-electron chi connectivity index (χ3n) is 3.24. The van der Waals surface area contributed by atoms with E-state index in [0.717, 1.165) is 5.56 Å². The smallest absolute Gasteiger partial charge is 0.410 e. The number of hydrogen-bond acceptors (Lipinski definition) is 5. The Hall–Kier alpha value is -1.79. The average Bonchev–Trinajstić information content (AvgIpc) is 2.54. The summed E-state index contributed by atoms with van der Waals surface area (Å²) in [6, 6.07) is 8.81. The number of carbonyl (C=O) groups is 2. The van der Waals surface area contributed by atoms with Crippen LogP contribution in [0, 0.1) is 0 Å². The Morgan fingerprint density at radius 1 is 1.27 bits per heavy atom. The number of nitrogens with one attached hydrogen (secondary N) is 1. The Labute approximate surface area is 136 Å². The highest BCUT2D eigenvalue weighted by Crippen LogP contribution is 2.10. The molecule has 1 aliphatic heterocycles. The summed E-state index contributed by atoms with van der Waals surface area (Å²) in [5.74, 6) is -0.402. The van der Waals surface area contributed by atoms with Crippen LogP contribution in [0.2, 0.25) is 0 Å². The molecule has 122 valence electrons. The fourth-order valence-electron chi connectivity index (χ4n) is 2.17. The maximum Gasteiger partial charge on any atom is 0.410 e. The van der Waals surface area contributed by atoms with Gasteiger partial charge in [0.2, 0.25) is 0 Å². The molecule has 0 aromatic heterocycles. The van der Waals surface area contributed by atoms with Crippen molar-refractivity contribution < 1.29 is 19.1 Å². The topological polar surface area (TPSA) is 67.9 Å². The van der Waals surface area contributed by atoms with Crippen molar-refractivity contribution in [3.8, 4) is 0 Å². The predicted octanol–water partition coefficient (Wildman–Crippen LogP) is 1.58. The molecule has 2 rings (SSSR count). The van der Waals surface area contributed by atoms with Gasteiger partial charge in [0.1, 0.15) is 12.6 Å². The lowest BCUT2D eigenvalue weighted by Gasteiger charge is -2.33. The molecule has 7 heteroatoms. The van der Waals surface area contributed by atoms with Gasteiger partial charge in [-0.25, -0.2) is 9.59 Å². The van der Waals surface area contributed by atoms with Gasteiger partial charge < -0.3 is 14.8 Å². The molecule has 6 nitrogen and oxygen atoms in total. The molecule has 0 spiro atoms. The molecule has 0 radical (unpaired) electrons. The van der Waals surface area contributed by atoms with Crippen molar-refractivity contribution in [2.45, 2.75) is 19.6 Å². The van der Waals surface area contributed by atoms with Crippen molar-refractivity contribution in [1.82, 2.24) is 10.2 Å². The van der Waals surface area contributed by atoms with E-state index in [1.165, 1.54) is 4.90 Å². The zero-order valence-electron chi connectivity index (χ0n) is 12.5. The van der Waals surface area contributed by atoms with Crippen LogP contribution in [0.15, 0.2) is 30.3 Å². The molecule has 1 amide bonds. The molecule has 1 N–H and O–H groups in total. The second kappa shape index (κ2) is 9.27. The van der Waals surface area contributed by atoms with Gasteiger partial charge in [-0.1, -0.05) is 30.3 Å². The number of esters is 1. The minimum absolute atomic E-state index is 0. The second-order valence-corrected chi connectivity index (χ2v) is 4.71. The third-order valence-corrected chi connectivity index (χ3v) is 3.24. The van der Waals surface area contributed by atoms with E-state index < -0.39 is 18.1 Å². The van der Waals surface area contributed by atoms with E-state index in [2.05, 4.69) is 5.32 Å². The van der Waals surface area contributed by atoms with Gasteiger partial charge in [0, 0.05) is 19.6 Å². The molecule has 1 aromatic carbocycles. The monoisotopic (exact) mass is 328 g/mol. The fraction of sp³-hybridized carbons (Fsp3) is 0.467. The summed E-state index contributed by atoms with van der Waals surface area (Å²) < 4.78 is 10.3. The van der Waals surface area contributed by atoms with Gasteiger partial charge in [-0.2, -0.15) is 0 Å². The highest BCUT2D eigenvalue weighted by Gasteiger charge is 2.34. The molecular weight excluding hydrogens is 308 g/mol. The summed E-state index contributed by atoms with van der Waals surface area (Å²) >= 11 is 0. The van der Waals surface area contributed by atoms with Crippen LogP contribution >= 0.6 is 12.4 Å². The number of piperazine rings is 1. The highest BCUT2D eigenvalue weighted by molar-refractivity contribution is 5.85. The van der Waals surface area contributed by atoms with Crippen LogP contribution in [0.5, 0.6) is 0 Å². The van der Waals surface area contributed by atoms with Gasteiger partial charge in [0.15, 0.2) is 0 Å². The lowest BCUT2D eigenvalue weighted by Crippen LogP contribution is -2.57. The standard InChI is InChI=1S/C15H20N2O4.ClH/c1-2-20-14(18)13-10-16-8-9-17(13)15(19)21-11-12-6-4-3-5-7-12;/h3-7,13,16H,2,8-11H2,1H3;1H.